The number of nitrogens with one attached hydrogen (secondary N) is 1. The lowest BCUT2D eigenvalue weighted by Gasteiger charge is -2.07. The van der Waals surface area contributed by atoms with Crippen molar-refractivity contribution in [3.05, 3.63) is 42.3 Å². The Morgan fingerprint density at radius 2 is 1.80 bits per heavy atom. The zero-order valence-electron chi connectivity index (χ0n) is 7.77. The van der Waals surface area contributed by atoms with Crippen molar-refractivity contribution < 1.29 is 18.0 Å². The molecule has 2 nitrogen and oxygen atoms in total. The second-order valence-electron chi connectivity index (χ2n) is 3.00. The van der Waals surface area contributed by atoms with Crippen molar-refractivity contribution in [1.29, 1.82) is 0 Å². The van der Waals surface area contributed by atoms with Gasteiger partial charge in [0.15, 0.2) is 0 Å². The van der Waals surface area contributed by atoms with Crippen LogP contribution in [0.15, 0.2) is 24.3 Å². The number of halogens is 3. The number of benzene rings is 1. The highest BCUT2D eigenvalue weighted by molar-refractivity contribution is 5.81. The second kappa shape index (κ2) is 4.33. The van der Waals surface area contributed by atoms with Crippen LogP contribution in [0.2, 0.25) is 0 Å². The average molecular weight is 216 g/mol. The summed E-state index contributed by atoms with van der Waals surface area (Å²) in [4.78, 5) is 10.5. The van der Waals surface area contributed by atoms with Crippen molar-refractivity contribution in [3.63, 3.8) is 0 Å². The van der Waals surface area contributed by atoms with Gasteiger partial charge in [-0.25, -0.2) is 0 Å². The zero-order chi connectivity index (χ0) is 11.5. The van der Waals surface area contributed by atoms with Crippen molar-refractivity contribution in [1.82, 2.24) is 5.32 Å². The predicted octanol–water partition coefficient (Wildman–Crippen LogP) is 2.05. The minimum Gasteiger partial charge on any atom is -0.344 e. The SMILES string of the molecule is [CH2]c1ccc(CNC(=O)C(F)(F)F)cc1. The van der Waals surface area contributed by atoms with E-state index >= 15 is 0 Å². The molecule has 0 fully saturated rings. The second-order valence-corrected chi connectivity index (χ2v) is 3.00. The molecule has 1 aromatic carbocycles. The summed E-state index contributed by atoms with van der Waals surface area (Å²) in [5.41, 5.74) is 1.36. The van der Waals surface area contributed by atoms with E-state index in [1.54, 1.807) is 29.6 Å². The predicted molar refractivity (Wildman–Crippen MR) is 48.8 cm³/mol. The van der Waals surface area contributed by atoms with E-state index in [9.17, 15) is 18.0 Å². The molecule has 15 heavy (non-hydrogen) atoms. The van der Waals surface area contributed by atoms with E-state index in [-0.39, 0.29) is 6.54 Å². The highest BCUT2D eigenvalue weighted by atomic mass is 19.4. The lowest BCUT2D eigenvalue weighted by molar-refractivity contribution is -0.173. The third-order valence-electron chi connectivity index (χ3n) is 1.73. The van der Waals surface area contributed by atoms with Crippen LogP contribution < -0.4 is 5.32 Å². The molecule has 1 radical (unpaired) electrons. The molecule has 1 N–H and O–H groups in total. The van der Waals surface area contributed by atoms with Crippen molar-refractivity contribution in [2.24, 2.45) is 0 Å². The number of hydrogen-bond donors (Lipinski definition) is 1. The van der Waals surface area contributed by atoms with Gasteiger partial charge >= 0.3 is 12.1 Å². The van der Waals surface area contributed by atoms with Crippen LogP contribution in [-0.4, -0.2) is 12.1 Å². The van der Waals surface area contributed by atoms with Gasteiger partial charge in [-0.3, -0.25) is 4.79 Å². The normalized spacial score (nSPS) is 11.2. The Hall–Kier alpha value is -1.52. The van der Waals surface area contributed by atoms with Crippen LogP contribution in [0.5, 0.6) is 0 Å². The first-order chi connectivity index (χ1) is 6.89. The Balaban J connectivity index is 2.51. The van der Waals surface area contributed by atoms with Crippen LogP contribution >= 0.6 is 0 Å². The molecule has 1 rings (SSSR count). The number of alkyl halides is 3. The van der Waals surface area contributed by atoms with Crippen LogP contribution in [0.1, 0.15) is 11.1 Å². The van der Waals surface area contributed by atoms with Gasteiger partial charge < -0.3 is 5.32 Å². The number of carbonyl (C=O) groups is 1. The Morgan fingerprint density at radius 3 is 2.27 bits per heavy atom. The van der Waals surface area contributed by atoms with E-state index in [1.165, 1.54) is 0 Å². The van der Waals surface area contributed by atoms with Gasteiger partial charge in [-0.1, -0.05) is 24.3 Å². The molecule has 0 aromatic heterocycles. The molecule has 0 aliphatic rings. The third kappa shape index (κ3) is 3.61. The number of hydrogen-bond acceptors (Lipinski definition) is 1. The molecule has 5 heteroatoms. The maximum Gasteiger partial charge on any atom is 0.471 e. The van der Waals surface area contributed by atoms with Crippen molar-refractivity contribution >= 4 is 5.91 Å². The Morgan fingerprint density at radius 1 is 1.27 bits per heavy atom. The Kier molecular flexibility index (Phi) is 3.34. The topological polar surface area (TPSA) is 29.1 Å². The highest BCUT2D eigenvalue weighted by Gasteiger charge is 2.38. The van der Waals surface area contributed by atoms with Gasteiger partial charge in [0.2, 0.25) is 0 Å². The van der Waals surface area contributed by atoms with E-state index in [4.69, 9.17) is 0 Å². The molecule has 0 saturated carbocycles. The summed E-state index contributed by atoms with van der Waals surface area (Å²) in [5, 5.41) is 1.77. The van der Waals surface area contributed by atoms with Crippen LogP contribution in [-0.2, 0) is 11.3 Å². The quantitative estimate of drug-likeness (QED) is 0.805. The molecular weight excluding hydrogens is 207 g/mol. The molecular formula is C10H9F3NO. The monoisotopic (exact) mass is 216 g/mol. The summed E-state index contributed by atoms with van der Waals surface area (Å²) < 4.78 is 35.4. The molecule has 0 atom stereocenters. The van der Waals surface area contributed by atoms with Gasteiger partial charge in [0.05, 0.1) is 0 Å². The highest BCUT2D eigenvalue weighted by Crippen LogP contribution is 2.14. The molecule has 0 aliphatic heterocycles. The Labute approximate surface area is 85.1 Å². The van der Waals surface area contributed by atoms with E-state index in [1.807, 2.05) is 0 Å². The fraction of sp³-hybridized carbons (Fsp3) is 0.200. The summed E-state index contributed by atoms with van der Waals surface area (Å²) >= 11 is 0. The summed E-state index contributed by atoms with van der Waals surface area (Å²) in [6, 6.07) is 6.54. The van der Waals surface area contributed by atoms with Gasteiger partial charge in [0.1, 0.15) is 0 Å². The maximum absolute atomic E-state index is 11.8. The zero-order valence-corrected chi connectivity index (χ0v) is 7.77. The summed E-state index contributed by atoms with van der Waals surface area (Å²) in [5.74, 6) is -1.93. The van der Waals surface area contributed by atoms with E-state index < -0.39 is 12.1 Å². The third-order valence-corrected chi connectivity index (χ3v) is 1.73. The fourth-order valence-corrected chi connectivity index (χ4v) is 0.940. The number of amides is 1. The average Bonchev–Trinajstić information content (AvgIpc) is 2.15. The molecule has 1 amide bonds. The minimum absolute atomic E-state index is 0.140. The number of carbonyl (C=O) groups excluding carboxylic acids is 1. The standard InChI is InChI=1S/C10H9F3NO/c1-7-2-4-8(5-3-7)6-14-9(15)10(11,12)13/h2-5H,1,6H2,(H,14,15). The van der Waals surface area contributed by atoms with Crippen LogP contribution in [0.3, 0.4) is 0 Å². The van der Waals surface area contributed by atoms with Gasteiger partial charge in [0.25, 0.3) is 0 Å². The van der Waals surface area contributed by atoms with Crippen molar-refractivity contribution in [2.75, 3.05) is 0 Å². The minimum atomic E-state index is -4.83. The fourth-order valence-electron chi connectivity index (χ4n) is 0.940. The molecule has 0 spiro atoms. The maximum atomic E-state index is 11.8. The van der Waals surface area contributed by atoms with Gasteiger partial charge in [-0.05, 0) is 18.1 Å². The van der Waals surface area contributed by atoms with E-state index in [0.29, 0.717) is 5.56 Å². The van der Waals surface area contributed by atoms with Gasteiger partial charge in [0, 0.05) is 6.54 Å². The molecule has 0 aliphatic carbocycles. The molecule has 0 unspecified atom stereocenters. The van der Waals surface area contributed by atoms with Crippen LogP contribution in [0.4, 0.5) is 13.2 Å². The largest absolute Gasteiger partial charge is 0.471 e. The smallest absolute Gasteiger partial charge is 0.344 e. The first-order valence-corrected chi connectivity index (χ1v) is 4.15. The molecule has 0 saturated heterocycles. The number of rotatable bonds is 2. The Bertz CT molecular complexity index is 343. The lowest BCUT2D eigenvalue weighted by Crippen LogP contribution is -2.36. The first kappa shape index (κ1) is 11.6. The van der Waals surface area contributed by atoms with E-state index in [2.05, 4.69) is 6.92 Å². The van der Waals surface area contributed by atoms with E-state index in [0.717, 1.165) is 5.56 Å². The van der Waals surface area contributed by atoms with Crippen LogP contribution in [0, 0.1) is 6.92 Å². The van der Waals surface area contributed by atoms with Crippen molar-refractivity contribution in [3.8, 4) is 0 Å². The molecule has 81 valence electrons. The molecule has 0 bridgehead atoms. The lowest BCUT2D eigenvalue weighted by atomic mass is 10.1. The summed E-state index contributed by atoms with van der Waals surface area (Å²) in [6.07, 6.45) is -4.83. The summed E-state index contributed by atoms with van der Waals surface area (Å²) in [7, 11) is 0. The van der Waals surface area contributed by atoms with Crippen LogP contribution in [0.25, 0.3) is 0 Å². The van der Waals surface area contributed by atoms with Gasteiger partial charge in [-0.15, -0.1) is 0 Å². The first-order valence-electron chi connectivity index (χ1n) is 4.15. The van der Waals surface area contributed by atoms with Gasteiger partial charge in [-0.2, -0.15) is 13.2 Å². The molecule has 1 aromatic rings. The summed E-state index contributed by atoms with van der Waals surface area (Å²) in [6.45, 7) is 3.49. The molecule has 0 heterocycles. The van der Waals surface area contributed by atoms with Crippen molar-refractivity contribution in [2.45, 2.75) is 12.7 Å².